The van der Waals surface area contributed by atoms with Crippen molar-refractivity contribution in [3.05, 3.63) is 46.8 Å². The lowest BCUT2D eigenvalue weighted by Crippen LogP contribution is -2.11. The predicted octanol–water partition coefficient (Wildman–Crippen LogP) is 2.20. The third-order valence-corrected chi connectivity index (χ3v) is 2.49. The summed E-state index contributed by atoms with van der Waals surface area (Å²) in [4.78, 5) is 33.9. The molecule has 21 heavy (non-hydrogen) atoms. The molecule has 0 saturated heterocycles. The lowest BCUT2D eigenvalue weighted by Gasteiger charge is -2.10. The first-order chi connectivity index (χ1) is 9.86. The van der Waals surface area contributed by atoms with Gasteiger partial charge in [-0.15, -0.1) is 0 Å². The van der Waals surface area contributed by atoms with E-state index in [0.717, 1.165) is 0 Å². The van der Waals surface area contributed by atoms with Crippen molar-refractivity contribution in [2.24, 2.45) is 0 Å². The van der Waals surface area contributed by atoms with Crippen LogP contribution in [0.25, 0.3) is 11.0 Å². The Kier molecular flexibility index (Phi) is 3.89. The second-order valence-corrected chi connectivity index (χ2v) is 4.35. The number of rotatable bonds is 3. The van der Waals surface area contributed by atoms with E-state index < -0.39 is 17.6 Å². The van der Waals surface area contributed by atoms with Crippen molar-refractivity contribution in [1.29, 1.82) is 0 Å². The maximum absolute atomic E-state index is 11.6. The molecular weight excluding hydrogens is 276 g/mol. The van der Waals surface area contributed by atoms with Gasteiger partial charge in [-0.25, -0.2) is 9.59 Å². The van der Waals surface area contributed by atoms with Crippen LogP contribution in [0.1, 0.15) is 13.8 Å². The molecule has 1 aromatic heterocycles. The molecule has 0 aliphatic rings. The van der Waals surface area contributed by atoms with Gasteiger partial charge < -0.3 is 13.9 Å². The summed E-state index contributed by atoms with van der Waals surface area (Å²) in [6.45, 7) is 6.17. The zero-order valence-electron chi connectivity index (χ0n) is 11.5. The molecule has 0 atom stereocenters. The Balaban J connectivity index is 2.57. The second kappa shape index (κ2) is 5.62. The van der Waals surface area contributed by atoms with Crippen LogP contribution in [0.2, 0.25) is 0 Å². The molecule has 0 aliphatic heterocycles. The molecule has 0 unspecified atom stereocenters. The fourth-order valence-electron chi connectivity index (χ4n) is 1.58. The van der Waals surface area contributed by atoms with E-state index >= 15 is 0 Å². The van der Waals surface area contributed by atoms with Crippen LogP contribution in [-0.4, -0.2) is 11.9 Å². The van der Waals surface area contributed by atoms with Crippen LogP contribution in [0, 0.1) is 0 Å². The molecule has 1 aromatic carbocycles. The first-order valence-electron chi connectivity index (χ1n) is 6.01. The van der Waals surface area contributed by atoms with E-state index in [2.05, 4.69) is 6.58 Å². The standard InChI is InChI=1S/C15H12O6/c1-8(2)15(18)21-13-7-11-10(4-5-14(17)20-11)6-12(13)19-9(3)16/h4-7H,1H2,2-3H3. The molecule has 0 radical (unpaired) electrons. The number of carbonyl (C=O) groups is 2. The van der Waals surface area contributed by atoms with E-state index in [1.807, 2.05) is 0 Å². The van der Waals surface area contributed by atoms with Crippen LogP contribution < -0.4 is 15.1 Å². The van der Waals surface area contributed by atoms with Crippen molar-refractivity contribution >= 4 is 22.9 Å². The van der Waals surface area contributed by atoms with Crippen LogP contribution in [0.4, 0.5) is 0 Å². The number of hydrogen-bond donors (Lipinski definition) is 0. The van der Waals surface area contributed by atoms with Gasteiger partial charge in [0.2, 0.25) is 0 Å². The molecule has 6 heteroatoms. The van der Waals surface area contributed by atoms with Gasteiger partial charge in [0.05, 0.1) is 0 Å². The Morgan fingerprint density at radius 2 is 1.76 bits per heavy atom. The van der Waals surface area contributed by atoms with E-state index in [-0.39, 0.29) is 22.7 Å². The summed E-state index contributed by atoms with van der Waals surface area (Å²) in [6.07, 6.45) is 0. The van der Waals surface area contributed by atoms with Crippen LogP contribution in [0.5, 0.6) is 11.5 Å². The zero-order chi connectivity index (χ0) is 15.6. The summed E-state index contributed by atoms with van der Waals surface area (Å²) in [7, 11) is 0. The van der Waals surface area contributed by atoms with Gasteiger partial charge in [0.15, 0.2) is 11.5 Å². The van der Waals surface area contributed by atoms with Crippen molar-refractivity contribution in [2.75, 3.05) is 0 Å². The largest absolute Gasteiger partial charge is 0.423 e. The van der Waals surface area contributed by atoms with Crippen molar-refractivity contribution in [2.45, 2.75) is 13.8 Å². The molecule has 108 valence electrons. The Morgan fingerprint density at radius 3 is 2.38 bits per heavy atom. The number of ether oxygens (including phenoxy) is 2. The maximum Gasteiger partial charge on any atom is 0.338 e. The van der Waals surface area contributed by atoms with Crippen LogP contribution >= 0.6 is 0 Å². The number of fused-ring (bicyclic) bond motifs is 1. The van der Waals surface area contributed by atoms with Gasteiger partial charge in [-0.1, -0.05) is 6.58 Å². The molecule has 2 rings (SSSR count). The summed E-state index contributed by atoms with van der Waals surface area (Å²) >= 11 is 0. The van der Waals surface area contributed by atoms with Crippen LogP contribution in [-0.2, 0) is 9.59 Å². The molecular formula is C15H12O6. The fourth-order valence-corrected chi connectivity index (χ4v) is 1.58. The highest BCUT2D eigenvalue weighted by Gasteiger charge is 2.15. The van der Waals surface area contributed by atoms with Gasteiger partial charge in [0.25, 0.3) is 0 Å². The van der Waals surface area contributed by atoms with Gasteiger partial charge in [0, 0.05) is 30.0 Å². The van der Waals surface area contributed by atoms with E-state index in [4.69, 9.17) is 13.9 Å². The first kappa shape index (κ1) is 14.5. The van der Waals surface area contributed by atoms with Crippen molar-refractivity contribution in [1.82, 2.24) is 0 Å². The van der Waals surface area contributed by atoms with E-state index in [9.17, 15) is 14.4 Å². The van der Waals surface area contributed by atoms with Gasteiger partial charge in [-0.2, -0.15) is 0 Å². The van der Waals surface area contributed by atoms with Crippen LogP contribution in [0.3, 0.4) is 0 Å². The molecule has 1 heterocycles. The quantitative estimate of drug-likeness (QED) is 0.372. The summed E-state index contributed by atoms with van der Waals surface area (Å²) in [6, 6.07) is 5.51. The smallest absolute Gasteiger partial charge is 0.338 e. The molecule has 2 aromatic rings. The lowest BCUT2D eigenvalue weighted by molar-refractivity contribution is -0.133. The van der Waals surface area contributed by atoms with Crippen molar-refractivity contribution in [3.8, 4) is 11.5 Å². The molecule has 0 spiro atoms. The van der Waals surface area contributed by atoms with E-state index in [1.54, 1.807) is 0 Å². The number of benzene rings is 1. The average Bonchev–Trinajstić information content (AvgIpc) is 2.38. The topological polar surface area (TPSA) is 82.8 Å². The van der Waals surface area contributed by atoms with Gasteiger partial charge in [-0.05, 0) is 19.1 Å². The third kappa shape index (κ3) is 3.36. The third-order valence-electron chi connectivity index (χ3n) is 2.49. The maximum atomic E-state index is 11.6. The second-order valence-electron chi connectivity index (χ2n) is 4.35. The summed E-state index contributed by atoms with van der Waals surface area (Å²) in [5.41, 5.74) is -0.152. The normalized spacial score (nSPS) is 10.2. The van der Waals surface area contributed by atoms with Gasteiger partial charge in [0.1, 0.15) is 5.58 Å². The number of esters is 2. The predicted molar refractivity (Wildman–Crippen MR) is 74.2 cm³/mol. The average molecular weight is 288 g/mol. The monoisotopic (exact) mass is 288 g/mol. The molecule has 0 fully saturated rings. The number of carbonyl (C=O) groups excluding carboxylic acids is 2. The molecule has 0 bridgehead atoms. The minimum Gasteiger partial charge on any atom is -0.423 e. The fraction of sp³-hybridized carbons (Fsp3) is 0.133. The SMILES string of the molecule is C=C(C)C(=O)Oc1cc2oc(=O)ccc2cc1OC(C)=O. The zero-order valence-corrected chi connectivity index (χ0v) is 11.5. The lowest BCUT2D eigenvalue weighted by atomic mass is 10.2. The van der Waals surface area contributed by atoms with Crippen LogP contribution in [0.15, 0.2) is 45.6 Å². The molecule has 0 saturated carbocycles. The molecule has 0 amide bonds. The van der Waals surface area contributed by atoms with Gasteiger partial charge >= 0.3 is 17.6 Å². The first-order valence-corrected chi connectivity index (χ1v) is 6.01. The summed E-state index contributed by atoms with van der Waals surface area (Å²) in [5, 5.41) is 0.529. The minimum atomic E-state index is -0.680. The molecule has 0 N–H and O–H groups in total. The van der Waals surface area contributed by atoms with Crippen molar-refractivity contribution in [3.63, 3.8) is 0 Å². The van der Waals surface area contributed by atoms with Crippen molar-refractivity contribution < 1.29 is 23.5 Å². The highest BCUT2D eigenvalue weighted by Crippen LogP contribution is 2.32. The van der Waals surface area contributed by atoms with Gasteiger partial charge in [-0.3, -0.25) is 4.79 Å². The number of hydrogen-bond acceptors (Lipinski definition) is 6. The molecule has 6 nitrogen and oxygen atoms in total. The Hall–Kier alpha value is -2.89. The Bertz CT molecular complexity index is 799. The highest BCUT2D eigenvalue weighted by atomic mass is 16.6. The molecule has 0 aliphatic carbocycles. The van der Waals surface area contributed by atoms with E-state index in [0.29, 0.717) is 5.39 Å². The highest BCUT2D eigenvalue weighted by molar-refractivity contribution is 5.91. The minimum absolute atomic E-state index is 0.0277. The Morgan fingerprint density at radius 1 is 1.10 bits per heavy atom. The summed E-state index contributed by atoms with van der Waals surface area (Å²) < 4.78 is 15.1. The van der Waals surface area contributed by atoms with E-state index in [1.165, 1.54) is 38.1 Å². The Labute approximate surface area is 119 Å². The summed E-state index contributed by atoms with van der Waals surface area (Å²) in [5.74, 6) is -1.22.